The zero-order chi connectivity index (χ0) is 24.1. The summed E-state index contributed by atoms with van der Waals surface area (Å²) in [5.41, 5.74) is 2.29. The van der Waals surface area contributed by atoms with E-state index in [1.807, 2.05) is 24.3 Å². The first kappa shape index (κ1) is 23.8. The maximum absolute atomic E-state index is 13.6. The number of aliphatic hydroxyl groups is 1. The topological polar surface area (TPSA) is 112 Å². The number of aliphatic carboxylic acids is 1. The molecule has 0 bridgehead atoms. The minimum absolute atomic E-state index is 0.0219. The Hall–Kier alpha value is -3.32. The second-order valence-electron chi connectivity index (χ2n) is 9.07. The van der Waals surface area contributed by atoms with Crippen molar-refractivity contribution in [2.45, 2.75) is 56.6 Å². The van der Waals surface area contributed by atoms with E-state index in [9.17, 15) is 19.8 Å². The summed E-state index contributed by atoms with van der Waals surface area (Å²) in [7, 11) is 1.53. The lowest BCUT2D eigenvalue weighted by Gasteiger charge is -2.33. The molecule has 34 heavy (non-hydrogen) atoms. The number of carboxylic acids is 1. The van der Waals surface area contributed by atoms with Gasteiger partial charge in [-0.25, -0.2) is 4.79 Å². The van der Waals surface area contributed by atoms with Crippen molar-refractivity contribution in [3.05, 3.63) is 65.9 Å². The van der Waals surface area contributed by atoms with Gasteiger partial charge in [-0.3, -0.25) is 4.79 Å². The molecule has 1 heterocycles. The van der Waals surface area contributed by atoms with Crippen molar-refractivity contribution in [2.75, 3.05) is 7.11 Å². The van der Waals surface area contributed by atoms with Gasteiger partial charge in [0.1, 0.15) is 11.8 Å². The summed E-state index contributed by atoms with van der Waals surface area (Å²) in [6, 6.07) is 13.6. The molecule has 1 amide bonds. The Morgan fingerprint density at radius 1 is 1.09 bits per heavy atom. The molecule has 4 N–H and O–H groups in total. The number of aliphatic hydroxyl groups excluding tert-OH is 1. The molecule has 7 heteroatoms. The summed E-state index contributed by atoms with van der Waals surface area (Å²) in [6.07, 6.45) is 5.82. The number of hydrogen-bond donors (Lipinski definition) is 4. The molecule has 2 unspecified atom stereocenters. The van der Waals surface area contributed by atoms with E-state index in [0.717, 1.165) is 48.6 Å². The molecule has 7 nitrogen and oxygen atoms in total. The minimum atomic E-state index is -1.14. The highest BCUT2D eigenvalue weighted by Crippen LogP contribution is 2.37. The number of aromatic nitrogens is 1. The number of carbonyl (C=O) groups excluding carboxylic acids is 1. The van der Waals surface area contributed by atoms with Crippen LogP contribution in [0.15, 0.2) is 54.7 Å². The van der Waals surface area contributed by atoms with Gasteiger partial charge in [0, 0.05) is 29.1 Å². The van der Waals surface area contributed by atoms with Crippen LogP contribution in [-0.4, -0.2) is 46.3 Å². The number of carboxylic acid groups (broad SMARTS) is 1. The number of ether oxygens (including phenoxy) is 1. The first-order valence-electron chi connectivity index (χ1n) is 11.9. The third kappa shape index (κ3) is 5.09. The molecule has 0 radical (unpaired) electrons. The number of fused-ring (bicyclic) bond motifs is 1. The quantitative estimate of drug-likeness (QED) is 0.382. The van der Waals surface area contributed by atoms with Crippen LogP contribution in [0.4, 0.5) is 0 Å². The number of rotatable bonds is 9. The van der Waals surface area contributed by atoms with Gasteiger partial charge in [-0.2, -0.15) is 0 Å². The second kappa shape index (κ2) is 10.7. The minimum Gasteiger partial charge on any atom is -0.496 e. The van der Waals surface area contributed by atoms with Crippen LogP contribution < -0.4 is 10.1 Å². The van der Waals surface area contributed by atoms with Crippen LogP contribution in [0.3, 0.4) is 0 Å². The van der Waals surface area contributed by atoms with Gasteiger partial charge in [0.05, 0.1) is 19.1 Å². The molecule has 1 aliphatic rings. The Morgan fingerprint density at radius 3 is 2.53 bits per heavy atom. The summed E-state index contributed by atoms with van der Waals surface area (Å²) in [6.45, 7) is 0. The van der Waals surface area contributed by atoms with Gasteiger partial charge in [-0.05, 0) is 36.5 Å². The predicted octanol–water partition coefficient (Wildman–Crippen LogP) is 4.01. The van der Waals surface area contributed by atoms with E-state index >= 15 is 0 Å². The van der Waals surface area contributed by atoms with Crippen molar-refractivity contribution in [2.24, 2.45) is 5.92 Å². The van der Waals surface area contributed by atoms with E-state index in [4.69, 9.17) is 4.74 Å². The van der Waals surface area contributed by atoms with Crippen molar-refractivity contribution < 1.29 is 24.5 Å². The van der Waals surface area contributed by atoms with Gasteiger partial charge in [-0.1, -0.05) is 55.7 Å². The van der Waals surface area contributed by atoms with E-state index in [2.05, 4.69) is 10.3 Å². The maximum Gasteiger partial charge on any atom is 0.326 e. The number of benzene rings is 2. The van der Waals surface area contributed by atoms with Gasteiger partial charge in [0.2, 0.25) is 5.91 Å². The molecule has 2 aromatic carbocycles. The SMILES string of the molecule is COc1ccccc1C(C(=O)N[C@@H](Cc1c[nH]c2ccccc12)C(=O)O)C(O)C1CCCCC1. The lowest BCUT2D eigenvalue weighted by Crippen LogP contribution is -2.47. The van der Waals surface area contributed by atoms with Crippen LogP contribution in [0.1, 0.15) is 49.1 Å². The summed E-state index contributed by atoms with van der Waals surface area (Å²) in [4.78, 5) is 28.9. The summed E-state index contributed by atoms with van der Waals surface area (Å²) >= 11 is 0. The number of hydrogen-bond acceptors (Lipinski definition) is 4. The predicted molar refractivity (Wildman–Crippen MR) is 130 cm³/mol. The van der Waals surface area contributed by atoms with Gasteiger partial charge in [0.15, 0.2) is 0 Å². The van der Waals surface area contributed by atoms with Crippen LogP contribution >= 0.6 is 0 Å². The van der Waals surface area contributed by atoms with E-state index in [1.54, 1.807) is 30.5 Å². The van der Waals surface area contributed by atoms with Gasteiger partial charge in [-0.15, -0.1) is 0 Å². The van der Waals surface area contributed by atoms with Crippen molar-refractivity contribution in [3.8, 4) is 5.75 Å². The Labute approximate surface area is 199 Å². The number of H-pyrrole nitrogens is 1. The fraction of sp³-hybridized carbons (Fsp3) is 0.407. The lowest BCUT2D eigenvalue weighted by atomic mass is 9.77. The molecule has 0 spiro atoms. The molecular weight excluding hydrogens is 432 g/mol. The van der Waals surface area contributed by atoms with Crippen LogP contribution in [0.25, 0.3) is 10.9 Å². The van der Waals surface area contributed by atoms with Gasteiger partial charge >= 0.3 is 5.97 Å². The number of amides is 1. The summed E-state index contributed by atoms with van der Waals surface area (Å²) in [5, 5.41) is 24.9. The number of para-hydroxylation sites is 2. The molecule has 180 valence electrons. The summed E-state index contributed by atoms with van der Waals surface area (Å²) in [5.74, 6) is -2.07. The highest BCUT2D eigenvalue weighted by atomic mass is 16.5. The summed E-state index contributed by atoms with van der Waals surface area (Å²) < 4.78 is 5.49. The Morgan fingerprint density at radius 2 is 1.79 bits per heavy atom. The lowest BCUT2D eigenvalue weighted by molar-refractivity contribution is -0.142. The second-order valence-corrected chi connectivity index (χ2v) is 9.07. The average molecular weight is 465 g/mol. The molecule has 4 rings (SSSR count). The van der Waals surface area contributed by atoms with Crippen LogP contribution in [0.2, 0.25) is 0 Å². The number of nitrogens with one attached hydrogen (secondary N) is 2. The Kier molecular flexibility index (Phi) is 7.53. The average Bonchev–Trinajstić information content (AvgIpc) is 3.27. The van der Waals surface area contributed by atoms with Crippen molar-refractivity contribution in [1.82, 2.24) is 10.3 Å². The molecule has 3 aromatic rings. The standard InChI is InChI=1S/C27H32N2O5/c1-34-23-14-8-6-12-20(23)24(25(30)17-9-3-2-4-10-17)26(31)29-22(27(32)33)15-18-16-28-21-13-7-5-11-19(18)21/h5-8,11-14,16-17,22,24-25,28,30H,2-4,9-10,15H2,1H3,(H,29,31)(H,32,33)/t22-,24?,25?/m0/s1. The molecule has 1 fully saturated rings. The highest BCUT2D eigenvalue weighted by Gasteiger charge is 2.38. The van der Waals surface area contributed by atoms with Gasteiger partial charge in [0.25, 0.3) is 0 Å². The van der Waals surface area contributed by atoms with Crippen LogP contribution in [-0.2, 0) is 16.0 Å². The van der Waals surface area contributed by atoms with E-state index in [0.29, 0.717) is 11.3 Å². The van der Waals surface area contributed by atoms with E-state index < -0.39 is 29.9 Å². The zero-order valence-corrected chi connectivity index (χ0v) is 19.4. The van der Waals surface area contributed by atoms with Gasteiger partial charge < -0.3 is 25.3 Å². The first-order valence-corrected chi connectivity index (χ1v) is 11.9. The Balaban J connectivity index is 1.62. The normalized spacial score (nSPS) is 17.1. The molecule has 1 saturated carbocycles. The smallest absolute Gasteiger partial charge is 0.326 e. The van der Waals surface area contributed by atoms with Crippen molar-refractivity contribution >= 4 is 22.8 Å². The molecular formula is C27H32N2O5. The Bertz CT molecular complexity index is 1130. The van der Waals surface area contributed by atoms with E-state index in [-0.39, 0.29) is 12.3 Å². The maximum atomic E-state index is 13.6. The third-order valence-corrected chi connectivity index (χ3v) is 6.94. The zero-order valence-electron chi connectivity index (χ0n) is 19.4. The van der Waals surface area contributed by atoms with Crippen LogP contribution in [0, 0.1) is 5.92 Å². The monoisotopic (exact) mass is 464 g/mol. The third-order valence-electron chi connectivity index (χ3n) is 6.94. The number of methoxy groups -OCH3 is 1. The number of aromatic amines is 1. The fourth-order valence-corrected chi connectivity index (χ4v) is 5.13. The van der Waals surface area contributed by atoms with Crippen molar-refractivity contribution in [3.63, 3.8) is 0 Å². The molecule has 1 aliphatic carbocycles. The van der Waals surface area contributed by atoms with E-state index in [1.165, 1.54) is 7.11 Å². The number of carbonyl (C=O) groups is 2. The molecule has 3 atom stereocenters. The van der Waals surface area contributed by atoms with Crippen LogP contribution in [0.5, 0.6) is 5.75 Å². The highest BCUT2D eigenvalue weighted by molar-refractivity contribution is 5.90. The molecule has 0 aliphatic heterocycles. The largest absolute Gasteiger partial charge is 0.496 e. The molecule has 1 aromatic heterocycles. The fourth-order valence-electron chi connectivity index (χ4n) is 5.13. The van der Waals surface area contributed by atoms with Crippen molar-refractivity contribution in [1.29, 1.82) is 0 Å². The molecule has 0 saturated heterocycles. The first-order chi connectivity index (χ1) is 16.5.